The highest BCUT2D eigenvalue weighted by Crippen LogP contribution is 2.29. The van der Waals surface area contributed by atoms with Crippen LogP contribution in [0.15, 0.2) is 54.2 Å². The number of rotatable bonds is 5. The first-order valence-electron chi connectivity index (χ1n) is 10.8. The van der Waals surface area contributed by atoms with Crippen LogP contribution in [0.25, 0.3) is 21.8 Å². The minimum Gasteiger partial charge on any atom is -0.334 e. The van der Waals surface area contributed by atoms with Gasteiger partial charge in [-0.1, -0.05) is 12.1 Å². The summed E-state index contributed by atoms with van der Waals surface area (Å²) in [4.78, 5) is 26.7. The fourth-order valence-electron chi connectivity index (χ4n) is 4.53. The molecular formula is C24H26N4OS. The standard InChI is InChI=1S/C24H26N4OS/c29-24(28-14-4-6-21(28)16-27-12-1-2-13-27)19-9-7-18(8-10-19)23-26-22(17-30-23)20-5-3-11-25-15-20/h3,5,7-11,15,17,21H,1-2,4,6,12-14,16H2/t21-/m1/s1. The van der Waals surface area contributed by atoms with Crippen LogP contribution in [0.4, 0.5) is 0 Å². The first kappa shape index (κ1) is 19.4. The second kappa shape index (κ2) is 8.66. The molecular weight excluding hydrogens is 392 g/mol. The first-order chi connectivity index (χ1) is 14.8. The van der Waals surface area contributed by atoms with Crippen LogP contribution in [0.2, 0.25) is 0 Å². The van der Waals surface area contributed by atoms with E-state index < -0.39 is 0 Å². The summed E-state index contributed by atoms with van der Waals surface area (Å²) in [7, 11) is 0. The lowest BCUT2D eigenvalue weighted by atomic mass is 10.1. The topological polar surface area (TPSA) is 49.3 Å². The molecule has 2 aliphatic rings. The summed E-state index contributed by atoms with van der Waals surface area (Å²) < 4.78 is 0. The summed E-state index contributed by atoms with van der Waals surface area (Å²) in [5.74, 6) is 0.165. The number of amides is 1. The van der Waals surface area contributed by atoms with Crippen molar-refractivity contribution in [2.45, 2.75) is 31.7 Å². The lowest BCUT2D eigenvalue weighted by Crippen LogP contribution is -2.42. The molecule has 0 spiro atoms. The molecule has 0 aliphatic carbocycles. The number of carbonyl (C=O) groups is 1. The molecule has 0 unspecified atom stereocenters. The Bertz CT molecular complexity index is 996. The summed E-state index contributed by atoms with van der Waals surface area (Å²) in [5.41, 5.74) is 3.77. The average Bonchev–Trinajstić information content (AvgIpc) is 3.57. The van der Waals surface area contributed by atoms with E-state index in [-0.39, 0.29) is 5.91 Å². The van der Waals surface area contributed by atoms with E-state index >= 15 is 0 Å². The monoisotopic (exact) mass is 418 g/mol. The smallest absolute Gasteiger partial charge is 0.254 e. The van der Waals surface area contributed by atoms with Gasteiger partial charge in [0.15, 0.2) is 0 Å². The zero-order valence-corrected chi connectivity index (χ0v) is 17.9. The van der Waals surface area contributed by atoms with E-state index in [4.69, 9.17) is 4.98 Å². The molecule has 2 saturated heterocycles. The maximum Gasteiger partial charge on any atom is 0.254 e. The maximum atomic E-state index is 13.2. The molecule has 0 radical (unpaired) electrons. The van der Waals surface area contributed by atoms with E-state index in [1.807, 2.05) is 42.6 Å². The predicted molar refractivity (Wildman–Crippen MR) is 121 cm³/mol. The van der Waals surface area contributed by atoms with Crippen molar-refractivity contribution in [3.63, 3.8) is 0 Å². The van der Waals surface area contributed by atoms with E-state index in [0.717, 1.165) is 53.3 Å². The molecule has 5 nitrogen and oxygen atoms in total. The van der Waals surface area contributed by atoms with Crippen LogP contribution in [0.5, 0.6) is 0 Å². The van der Waals surface area contributed by atoms with Crippen molar-refractivity contribution in [1.82, 2.24) is 19.8 Å². The van der Waals surface area contributed by atoms with Gasteiger partial charge in [-0.2, -0.15) is 0 Å². The highest BCUT2D eigenvalue weighted by atomic mass is 32.1. The molecule has 0 saturated carbocycles. The van der Waals surface area contributed by atoms with Crippen LogP contribution in [-0.2, 0) is 0 Å². The van der Waals surface area contributed by atoms with Gasteiger partial charge in [0.2, 0.25) is 0 Å². The van der Waals surface area contributed by atoms with Gasteiger partial charge in [-0.3, -0.25) is 9.78 Å². The number of hydrogen-bond donors (Lipinski definition) is 0. The molecule has 154 valence electrons. The second-order valence-electron chi connectivity index (χ2n) is 8.16. The maximum absolute atomic E-state index is 13.2. The van der Waals surface area contributed by atoms with Gasteiger partial charge in [0.25, 0.3) is 5.91 Å². The molecule has 1 atom stereocenters. The molecule has 1 aromatic carbocycles. The van der Waals surface area contributed by atoms with Gasteiger partial charge in [-0.15, -0.1) is 11.3 Å². The Morgan fingerprint density at radius 3 is 2.63 bits per heavy atom. The number of aromatic nitrogens is 2. The summed E-state index contributed by atoms with van der Waals surface area (Å²) in [6.07, 6.45) is 8.41. The van der Waals surface area contributed by atoms with Crippen LogP contribution in [0.1, 0.15) is 36.0 Å². The predicted octanol–water partition coefficient (Wildman–Crippen LogP) is 4.57. The number of thiazole rings is 1. The molecule has 5 rings (SSSR count). The van der Waals surface area contributed by atoms with E-state index in [9.17, 15) is 4.79 Å². The van der Waals surface area contributed by atoms with Crippen LogP contribution < -0.4 is 0 Å². The highest BCUT2D eigenvalue weighted by molar-refractivity contribution is 7.13. The Morgan fingerprint density at radius 1 is 1.03 bits per heavy atom. The zero-order chi connectivity index (χ0) is 20.3. The Morgan fingerprint density at radius 2 is 1.87 bits per heavy atom. The number of nitrogens with zero attached hydrogens (tertiary/aromatic N) is 4. The van der Waals surface area contributed by atoms with Crippen LogP contribution in [0.3, 0.4) is 0 Å². The van der Waals surface area contributed by atoms with Gasteiger partial charge >= 0.3 is 0 Å². The third kappa shape index (κ3) is 4.02. The second-order valence-corrected chi connectivity index (χ2v) is 9.02. The summed E-state index contributed by atoms with van der Waals surface area (Å²) in [6.45, 7) is 4.27. The van der Waals surface area contributed by atoms with Gasteiger partial charge in [0.05, 0.1) is 5.69 Å². The first-order valence-corrected chi connectivity index (χ1v) is 11.7. The molecule has 2 aromatic heterocycles. The quantitative estimate of drug-likeness (QED) is 0.609. The Labute approximate surface area is 181 Å². The Hall–Kier alpha value is -2.57. The van der Waals surface area contributed by atoms with Crippen molar-refractivity contribution in [1.29, 1.82) is 0 Å². The van der Waals surface area contributed by atoms with Crippen LogP contribution in [-0.4, -0.2) is 57.9 Å². The molecule has 1 amide bonds. The average molecular weight is 419 g/mol. The van der Waals surface area contributed by atoms with Crippen molar-refractivity contribution in [2.24, 2.45) is 0 Å². The van der Waals surface area contributed by atoms with Crippen molar-refractivity contribution in [3.8, 4) is 21.8 Å². The lowest BCUT2D eigenvalue weighted by Gasteiger charge is -2.28. The van der Waals surface area contributed by atoms with Crippen molar-refractivity contribution < 1.29 is 4.79 Å². The fraction of sp³-hybridized carbons (Fsp3) is 0.375. The van der Waals surface area contributed by atoms with Crippen LogP contribution >= 0.6 is 11.3 Å². The molecule has 2 fully saturated rings. The van der Waals surface area contributed by atoms with Gasteiger partial charge in [-0.25, -0.2) is 4.98 Å². The molecule has 30 heavy (non-hydrogen) atoms. The summed E-state index contributed by atoms with van der Waals surface area (Å²) in [6, 6.07) is 12.2. The third-order valence-corrected chi connectivity index (χ3v) is 7.04. The van der Waals surface area contributed by atoms with E-state index in [1.54, 1.807) is 17.5 Å². The van der Waals surface area contributed by atoms with E-state index in [2.05, 4.69) is 20.2 Å². The molecule has 6 heteroatoms. The fourth-order valence-corrected chi connectivity index (χ4v) is 5.37. The summed E-state index contributed by atoms with van der Waals surface area (Å²) in [5, 5.41) is 3.01. The van der Waals surface area contributed by atoms with Crippen LogP contribution in [0, 0.1) is 0 Å². The van der Waals surface area contributed by atoms with Crippen molar-refractivity contribution >= 4 is 17.2 Å². The largest absolute Gasteiger partial charge is 0.334 e. The Balaban J connectivity index is 1.29. The highest BCUT2D eigenvalue weighted by Gasteiger charge is 2.31. The van der Waals surface area contributed by atoms with E-state index in [1.165, 1.54) is 25.9 Å². The van der Waals surface area contributed by atoms with Crippen molar-refractivity contribution in [3.05, 3.63) is 59.7 Å². The van der Waals surface area contributed by atoms with Gasteiger partial charge < -0.3 is 9.80 Å². The number of pyridine rings is 1. The normalized spacial score (nSPS) is 19.5. The molecule has 3 aromatic rings. The number of hydrogen-bond acceptors (Lipinski definition) is 5. The molecule has 4 heterocycles. The molecule has 0 N–H and O–H groups in total. The van der Waals surface area contributed by atoms with Gasteiger partial charge in [-0.05, 0) is 63.0 Å². The molecule has 0 bridgehead atoms. The zero-order valence-electron chi connectivity index (χ0n) is 17.0. The SMILES string of the molecule is O=C(c1ccc(-c2nc(-c3cccnc3)cs2)cc1)N1CCC[C@@H]1CN1CCCC1. The number of likely N-dealkylation sites (tertiary alicyclic amines) is 2. The van der Waals surface area contributed by atoms with E-state index in [0.29, 0.717) is 6.04 Å². The molecule has 2 aliphatic heterocycles. The number of carbonyl (C=O) groups excluding carboxylic acids is 1. The van der Waals surface area contributed by atoms with Gasteiger partial charge in [0, 0.05) is 53.6 Å². The van der Waals surface area contributed by atoms with Crippen molar-refractivity contribution in [2.75, 3.05) is 26.2 Å². The summed E-state index contributed by atoms with van der Waals surface area (Å²) >= 11 is 1.62. The minimum absolute atomic E-state index is 0.165. The Kier molecular flexibility index (Phi) is 5.60. The number of benzene rings is 1. The lowest BCUT2D eigenvalue weighted by molar-refractivity contribution is 0.0709. The third-order valence-electron chi connectivity index (χ3n) is 6.15. The minimum atomic E-state index is 0.165. The van der Waals surface area contributed by atoms with Gasteiger partial charge in [0.1, 0.15) is 5.01 Å².